The third-order valence-electron chi connectivity index (χ3n) is 4.68. The van der Waals surface area contributed by atoms with E-state index in [1.54, 1.807) is 18.2 Å². The highest BCUT2D eigenvalue weighted by atomic mass is 32.2. The van der Waals surface area contributed by atoms with Gasteiger partial charge in [-0.05, 0) is 48.5 Å². The zero-order valence-corrected chi connectivity index (χ0v) is 18.4. The third kappa shape index (κ3) is 5.63. The van der Waals surface area contributed by atoms with Gasteiger partial charge >= 0.3 is 0 Å². The zero-order valence-electron chi connectivity index (χ0n) is 17.6. The predicted molar refractivity (Wildman–Crippen MR) is 118 cm³/mol. The van der Waals surface area contributed by atoms with E-state index in [-0.39, 0.29) is 17.0 Å². The van der Waals surface area contributed by atoms with E-state index in [0.717, 1.165) is 23.8 Å². The van der Waals surface area contributed by atoms with E-state index in [2.05, 4.69) is 10.0 Å². The van der Waals surface area contributed by atoms with Gasteiger partial charge in [0.2, 0.25) is 10.0 Å². The van der Waals surface area contributed by atoms with E-state index in [4.69, 9.17) is 9.47 Å². The summed E-state index contributed by atoms with van der Waals surface area (Å²) < 4.78 is 51.3. The van der Waals surface area contributed by atoms with Crippen molar-refractivity contribution >= 4 is 15.9 Å². The van der Waals surface area contributed by atoms with Gasteiger partial charge in [-0.15, -0.1) is 0 Å². The molecule has 168 valence electrons. The first kappa shape index (κ1) is 23.2. The van der Waals surface area contributed by atoms with Crippen LogP contribution in [0.4, 0.5) is 4.39 Å². The number of ether oxygens (including phenoxy) is 2. The maximum absolute atomic E-state index is 14.1. The number of nitrogens with one attached hydrogen (secondary N) is 2. The Morgan fingerprint density at radius 2 is 1.72 bits per heavy atom. The molecule has 0 fully saturated rings. The van der Waals surface area contributed by atoms with Crippen molar-refractivity contribution in [2.24, 2.45) is 0 Å². The molecule has 0 spiro atoms. The quantitative estimate of drug-likeness (QED) is 0.514. The van der Waals surface area contributed by atoms with Crippen LogP contribution >= 0.6 is 0 Å². The molecule has 1 amide bonds. The van der Waals surface area contributed by atoms with Crippen LogP contribution in [0.5, 0.6) is 11.5 Å². The first-order chi connectivity index (χ1) is 15.3. The van der Waals surface area contributed by atoms with E-state index < -0.39 is 21.7 Å². The number of benzene rings is 3. The SMILES string of the molecule is CNS(=O)(=O)c1ccc(F)c(C(=O)NCc2ccc(OCc3ccccc3)c(OC)c2)c1. The normalized spacial score (nSPS) is 11.1. The minimum atomic E-state index is -3.80. The predicted octanol–water partition coefficient (Wildman–Crippen LogP) is 3.25. The maximum atomic E-state index is 14.1. The van der Waals surface area contributed by atoms with E-state index in [1.165, 1.54) is 14.2 Å². The number of carbonyl (C=O) groups excluding carboxylic acids is 1. The van der Waals surface area contributed by atoms with Gasteiger partial charge in [0, 0.05) is 6.54 Å². The minimum Gasteiger partial charge on any atom is -0.493 e. The van der Waals surface area contributed by atoms with Crippen molar-refractivity contribution in [1.82, 2.24) is 10.0 Å². The van der Waals surface area contributed by atoms with Crippen molar-refractivity contribution in [3.8, 4) is 11.5 Å². The molecule has 9 heteroatoms. The standard InChI is InChI=1S/C23H23FN2O5S/c1-25-32(28,29)18-9-10-20(24)19(13-18)23(27)26-14-17-8-11-21(22(12-17)30-2)31-15-16-6-4-3-5-7-16/h3-13,25H,14-15H2,1-2H3,(H,26,27). The Morgan fingerprint density at radius 3 is 2.41 bits per heavy atom. The van der Waals surface area contributed by atoms with Gasteiger partial charge in [0.25, 0.3) is 5.91 Å². The highest BCUT2D eigenvalue weighted by Crippen LogP contribution is 2.29. The lowest BCUT2D eigenvalue weighted by Crippen LogP contribution is -2.25. The fourth-order valence-corrected chi connectivity index (χ4v) is 3.67. The molecule has 0 atom stereocenters. The molecule has 3 aromatic rings. The Bertz CT molecular complexity index is 1200. The van der Waals surface area contributed by atoms with Crippen LogP contribution < -0.4 is 19.5 Å². The number of carbonyl (C=O) groups is 1. The fourth-order valence-electron chi connectivity index (χ4n) is 2.92. The smallest absolute Gasteiger partial charge is 0.254 e. The van der Waals surface area contributed by atoms with Crippen LogP contribution in [0.3, 0.4) is 0 Å². The molecule has 3 rings (SSSR count). The molecule has 7 nitrogen and oxygen atoms in total. The Labute approximate surface area is 186 Å². The molecule has 3 aromatic carbocycles. The Kier molecular flexibility index (Phi) is 7.45. The van der Waals surface area contributed by atoms with Gasteiger partial charge in [0.05, 0.1) is 17.6 Å². The lowest BCUT2D eigenvalue weighted by atomic mass is 10.1. The molecular formula is C23H23FN2O5S. The first-order valence-corrected chi connectivity index (χ1v) is 11.2. The Hall–Kier alpha value is -3.43. The van der Waals surface area contributed by atoms with E-state index in [0.29, 0.717) is 23.7 Å². The van der Waals surface area contributed by atoms with Gasteiger partial charge in [0.15, 0.2) is 11.5 Å². The number of amides is 1. The number of methoxy groups -OCH3 is 1. The molecule has 2 N–H and O–H groups in total. The topological polar surface area (TPSA) is 93.7 Å². The number of hydrogen-bond acceptors (Lipinski definition) is 5. The van der Waals surface area contributed by atoms with E-state index in [1.807, 2.05) is 30.3 Å². The van der Waals surface area contributed by atoms with Crippen molar-refractivity contribution in [2.45, 2.75) is 18.0 Å². The lowest BCUT2D eigenvalue weighted by Gasteiger charge is -2.13. The van der Waals surface area contributed by atoms with Gasteiger partial charge in [-0.3, -0.25) is 4.79 Å². The molecule has 0 heterocycles. The van der Waals surface area contributed by atoms with Gasteiger partial charge < -0.3 is 14.8 Å². The van der Waals surface area contributed by atoms with E-state index in [9.17, 15) is 17.6 Å². The summed E-state index contributed by atoms with van der Waals surface area (Å²) in [5, 5.41) is 2.59. The second-order valence-corrected chi connectivity index (χ2v) is 8.68. The molecule has 0 aliphatic rings. The second-order valence-electron chi connectivity index (χ2n) is 6.79. The van der Waals surface area contributed by atoms with Crippen molar-refractivity contribution in [2.75, 3.05) is 14.2 Å². The van der Waals surface area contributed by atoms with Crippen LogP contribution in [0, 0.1) is 5.82 Å². The monoisotopic (exact) mass is 458 g/mol. The molecular weight excluding hydrogens is 435 g/mol. The Morgan fingerprint density at radius 1 is 0.969 bits per heavy atom. The van der Waals surface area contributed by atoms with E-state index >= 15 is 0 Å². The van der Waals surface area contributed by atoms with Crippen molar-refractivity contribution < 1.29 is 27.1 Å². The Balaban J connectivity index is 1.69. The van der Waals surface area contributed by atoms with Crippen LogP contribution in [-0.2, 0) is 23.2 Å². The molecule has 0 saturated heterocycles. The van der Waals surface area contributed by atoms with Gasteiger partial charge in [-0.1, -0.05) is 36.4 Å². The highest BCUT2D eigenvalue weighted by molar-refractivity contribution is 7.89. The molecule has 32 heavy (non-hydrogen) atoms. The van der Waals surface area contributed by atoms with Crippen LogP contribution in [0.2, 0.25) is 0 Å². The molecule has 0 unspecified atom stereocenters. The number of hydrogen-bond donors (Lipinski definition) is 2. The molecule has 0 bridgehead atoms. The fraction of sp³-hybridized carbons (Fsp3) is 0.174. The average Bonchev–Trinajstić information content (AvgIpc) is 2.82. The third-order valence-corrected chi connectivity index (χ3v) is 6.09. The summed E-state index contributed by atoms with van der Waals surface area (Å²) in [7, 11) is -1.06. The average molecular weight is 459 g/mol. The van der Waals surface area contributed by atoms with Crippen LogP contribution in [0.1, 0.15) is 21.5 Å². The minimum absolute atomic E-state index is 0.0800. The number of rotatable bonds is 9. The summed E-state index contributed by atoms with van der Waals surface area (Å²) in [5.41, 5.74) is 1.34. The highest BCUT2D eigenvalue weighted by Gasteiger charge is 2.18. The molecule has 0 saturated carbocycles. The number of sulfonamides is 1. The largest absolute Gasteiger partial charge is 0.493 e. The summed E-state index contributed by atoms with van der Waals surface area (Å²) in [5.74, 6) is -0.526. The molecule has 0 radical (unpaired) electrons. The van der Waals surface area contributed by atoms with Crippen LogP contribution in [0.15, 0.2) is 71.6 Å². The van der Waals surface area contributed by atoms with Crippen molar-refractivity contribution in [3.63, 3.8) is 0 Å². The lowest BCUT2D eigenvalue weighted by molar-refractivity contribution is 0.0946. The summed E-state index contributed by atoms with van der Waals surface area (Å²) in [6.07, 6.45) is 0. The molecule has 0 aliphatic carbocycles. The second kappa shape index (κ2) is 10.3. The van der Waals surface area contributed by atoms with Crippen molar-refractivity contribution in [1.29, 1.82) is 0 Å². The zero-order chi connectivity index (χ0) is 23.1. The van der Waals surface area contributed by atoms with Gasteiger partial charge in [0.1, 0.15) is 12.4 Å². The molecule has 0 aromatic heterocycles. The van der Waals surface area contributed by atoms with Crippen molar-refractivity contribution in [3.05, 3.63) is 89.2 Å². The van der Waals surface area contributed by atoms with Gasteiger partial charge in [-0.2, -0.15) is 0 Å². The van der Waals surface area contributed by atoms with Crippen LogP contribution in [0.25, 0.3) is 0 Å². The maximum Gasteiger partial charge on any atom is 0.254 e. The number of halogens is 1. The summed E-state index contributed by atoms with van der Waals surface area (Å²) >= 11 is 0. The summed E-state index contributed by atoms with van der Waals surface area (Å²) in [4.78, 5) is 12.3. The molecule has 0 aliphatic heterocycles. The summed E-state index contributed by atoms with van der Waals surface area (Å²) in [6.45, 7) is 0.453. The first-order valence-electron chi connectivity index (χ1n) is 9.69. The van der Waals surface area contributed by atoms with Crippen LogP contribution in [-0.4, -0.2) is 28.5 Å². The van der Waals surface area contributed by atoms with Gasteiger partial charge in [-0.25, -0.2) is 17.5 Å². The summed E-state index contributed by atoms with van der Waals surface area (Å²) in [6, 6.07) is 17.9.